The van der Waals surface area contributed by atoms with Crippen LogP contribution in [0.5, 0.6) is 5.75 Å². The number of rotatable bonds is 8. The molecule has 0 amide bonds. The van der Waals surface area contributed by atoms with Crippen molar-refractivity contribution in [3.05, 3.63) is 53.2 Å². The van der Waals surface area contributed by atoms with E-state index < -0.39 is 52.4 Å². The third-order valence-corrected chi connectivity index (χ3v) is 5.83. The smallest absolute Gasteiger partial charge is 0.387 e. The molecule has 168 valence electrons. The summed E-state index contributed by atoms with van der Waals surface area (Å²) < 4.78 is 85.4. The first kappa shape index (κ1) is 23.1. The van der Waals surface area contributed by atoms with Crippen molar-refractivity contribution in [2.24, 2.45) is 0 Å². The number of hydrogen-bond donors (Lipinski definition) is 3. The minimum atomic E-state index is -4.50. The Labute approximate surface area is 178 Å². The number of alkyl halides is 2. The van der Waals surface area contributed by atoms with Gasteiger partial charge in [-0.25, -0.2) is 17.2 Å². The van der Waals surface area contributed by atoms with Gasteiger partial charge in [0, 0.05) is 28.7 Å². The highest BCUT2D eigenvalue weighted by molar-refractivity contribution is 7.93. The second kappa shape index (κ2) is 8.91. The molecule has 0 aliphatic heterocycles. The zero-order valence-corrected chi connectivity index (χ0v) is 17.0. The molecule has 1 unspecified atom stereocenters. The number of nitrogens with zero attached hydrogens (tertiary/aromatic N) is 1. The average Bonchev–Trinajstić information content (AvgIpc) is 3.03. The van der Waals surface area contributed by atoms with Crippen LogP contribution in [-0.4, -0.2) is 42.5 Å². The van der Waals surface area contributed by atoms with Crippen LogP contribution in [0, 0.1) is 11.6 Å². The van der Waals surface area contributed by atoms with Crippen LogP contribution in [0.15, 0.2) is 41.4 Å². The summed E-state index contributed by atoms with van der Waals surface area (Å²) in [6.07, 6.45) is -0.0721. The maximum atomic E-state index is 14.2. The Bertz CT molecular complexity index is 1220. The van der Waals surface area contributed by atoms with Crippen molar-refractivity contribution in [2.75, 3.05) is 11.3 Å². The molecule has 7 nitrogen and oxygen atoms in total. The molecule has 0 radical (unpaired) electrons. The van der Waals surface area contributed by atoms with Gasteiger partial charge in [-0.2, -0.15) is 8.78 Å². The lowest BCUT2D eigenvalue weighted by Crippen LogP contribution is -2.19. The minimum absolute atomic E-state index is 0.153. The van der Waals surface area contributed by atoms with Gasteiger partial charge >= 0.3 is 6.61 Å². The van der Waals surface area contributed by atoms with Gasteiger partial charge in [0.1, 0.15) is 4.90 Å². The summed E-state index contributed by atoms with van der Waals surface area (Å²) >= 11 is 5.96. The zero-order chi connectivity index (χ0) is 22.9. The first-order chi connectivity index (χ1) is 14.5. The third-order valence-electron chi connectivity index (χ3n) is 4.20. The monoisotopic (exact) mass is 482 g/mol. The second-order valence-electron chi connectivity index (χ2n) is 6.39. The first-order valence-electron chi connectivity index (χ1n) is 8.56. The van der Waals surface area contributed by atoms with E-state index in [2.05, 4.69) is 4.74 Å². The van der Waals surface area contributed by atoms with Crippen LogP contribution in [-0.2, 0) is 16.6 Å². The molecule has 0 saturated heterocycles. The van der Waals surface area contributed by atoms with Crippen molar-refractivity contribution in [2.45, 2.75) is 24.2 Å². The molecule has 0 fully saturated rings. The third kappa shape index (κ3) is 5.03. The number of aliphatic hydroxyl groups excluding tert-OH is 2. The number of fused-ring (bicyclic) bond motifs is 1. The van der Waals surface area contributed by atoms with Crippen LogP contribution in [0.25, 0.3) is 10.9 Å². The number of nitrogens with one attached hydrogen (secondary N) is 1. The predicted octanol–water partition coefficient (Wildman–Crippen LogP) is 3.33. The SMILES string of the molecule is O=S(=O)(Nc1cc(F)c(OC(F)F)cc1F)c1cn(CC(O)CO)c2cc(Cl)ccc12. The zero-order valence-electron chi connectivity index (χ0n) is 15.4. The Hall–Kier alpha value is -2.54. The molecule has 3 N–H and O–H groups in total. The van der Waals surface area contributed by atoms with E-state index in [9.17, 15) is 31.1 Å². The molecule has 1 aromatic heterocycles. The van der Waals surface area contributed by atoms with Gasteiger partial charge in [0.25, 0.3) is 10.0 Å². The number of ether oxygens (including phenoxy) is 1. The van der Waals surface area contributed by atoms with E-state index in [4.69, 9.17) is 16.7 Å². The largest absolute Gasteiger partial charge is 0.432 e. The molecule has 3 aromatic rings. The van der Waals surface area contributed by atoms with Crippen LogP contribution in [0.2, 0.25) is 5.02 Å². The minimum Gasteiger partial charge on any atom is -0.432 e. The quantitative estimate of drug-likeness (QED) is 0.428. The average molecular weight is 483 g/mol. The molecule has 2 aromatic carbocycles. The topological polar surface area (TPSA) is 101 Å². The summed E-state index contributed by atoms with van der Waals surface area (Å²) in [5.74, 6) is -3.83. The van der Waals surface area contributed by atoms with Crippen molar-refractivity contribution in [1.82, 2.24) is 4.57 Å². The molecule has 0 aliphatic rings. The van der Waals surface area contributed by atoms with Gasteiger partial charge in [-0.05, 0) is 18.2 Å². The molecule has 1 heterocycles. The number of aliphatic hydroxyl groups is 2. The molecule has 3 rings (SSSR count). The van der Waals surface area contributed by atoms with E-state index in [1.807, 2.05) is 4.72 Å². The summed E-state index contributed by atoms with van der Waals surface area (Å²) in [6, 6.07) is 4.88. The standard InChI is InChI=1S/C18H15ClF4N2O5S/c19-9-1-2-11-15(3-9)25(6-10(27)8-26)7-17(11)31(28,29)24-14-4-13(21)16(5-12(14)20)30-18(22)23/h1-5,7,10,18,24,26-27H,6,8H2. The Morgan fingerprint density at radius 1 is 1.16 bits per heavy atom. The van der Waals surface area contributed by atoms with E-state index in [0.717, 1.165) is 6.20 Å². The number of anilines is 1. The molecule has 13 heteroatoms. The summed E-state index contributed by atoms with van der Waals surface area (Å²) in [4.78, 5) is -0.350. The lowest BCUT2D eigenvalue weighted by Gasteiger charge is -2.11. The van der Waals surface area contributed by atoms with Gasteiger partial charge in [0.05, 0.1) is 30.5 Å². The highest BCUT2D eigenvalue weighted by atomic mass is 35.5. The maximum Gasteiger partial charge on any atom is 0.387 e. The first-order valence-corrected chi connectivity index (χ1v) is 10.4. The number of halogens is 5. The molecule has 0 bridgehead atoms. The van der Waals surface area contributed by atoms with Crippen LogP contribution < -0.4 is 9.46 Å². The van der Waals surface area contributed by atoms with Gasteiger partial charge < -0.3 is 19.5 Å². The molecule has 0 aliphatic carbocycles. The molecular weight excluding hydrogens is 468 g/mol. The van der Waals surface area contributed by atoms with Gasteiger partial charge in [0.2, 0.25) is 0 Å². The Kier molecular flexibility index (Phi) is 6.65. The van der Waals surface area contributed by atoms with Gasteiger partial charge in [0.15, 0.2) is 17.4 Å². The van der Waals surface area contributed by atoms with E-state index in [1.165, 1.54) is 22.8 Å². The van der Waals surface area contributed by atoms with Crippen LogP contribution in [0.3, 0.4) is 0 Å². The predicted molar refractivity (Wildman–Crippen MR) is 104 cm³/mol. The Balaban J connectivity index is 2.04. The van der Waals surface area contributed by atoms with E-state index >= 15 is 0 Å². The van der Waals surface area contributed by atoms with Crippen molar-refractivity contribution in [3.8, 4) is 5.75 Å². The molecular formula is C18H15ClF4N2O5S. The maximum absolute atomic E-state index is 14.2. The summed E-state index contributed by atoms with van der Waals surface area (Å²) in [6.45, 7) is -4.16. The molecule has 31 heavy (non-hydrogen) atoms. The molecule has 0 spiro atoms. The Morgan fingerprint density at radius 2 is 1.87 bits per heavy atom. The number of hydrogen-bond acceptors (Lipinski definition) is 5. The normalized spacial score (nSPS) is 13.0. The van der Waals surface area contributed by atoms with Crippen LogP contribution in [0.1, 0.15) is 0 Å². The highest BCUT2D eigenvalue weighted by Gasteiger charge is 2.25. The van der Waals surface area contributed by atoms with Crippen LogP contribution >= 0.6 is 11.6 Å². The van der Waals surface area contributed by atoms with E-state index in [-0.39, 0.29) is 21.8 Å². The van der Waals surface area contributed by atoms with Crippen molar-refractivity contribution in [3.63, 3.8) is 0 Å². The van der Waals surface area contributed by atoms with E-state index in [1.54, 1.807) is 0 Å². The fourth-order valence-electron chi connectivity index (χ4n) is 2.87. The number of benzene rings is 2. The lowest BCUT2D eigenvalue weighted by atomic mass is 10.2. The van der Waals surface area contributed by atoms with Gasteiger partial charge in [-0.15, -0.1) is 0 Å². The molecule has 1 atom stereocenters. The highest BCUT2D eigenvalue weighted by Crippen LogP contribution is 2.32. The fraction of sp³-hybridized carbons (Fsp3) is 0.222. The van der Waals surface area contributed by atoms with Crippen molar-refractivity contribution in [1.29, 1.82) is 0 Å². The second-order valence-corrected chi connectivity index (χ2v) is 8.48. The number of sulfonamides is 1. The Morgan fingerprint density at radius 3 is 2.52 bits per heavy atom. The van der Waals surface area contributed by atoms with Crippen LogP contribution in [0.4, 0.5) is 23.2 Å². The van der Waals surface area contributed by atoms with E-state index in [0.29, 0.717) is 17.6 Å². The van der Waals surface area contributed by atoms with Crippen molar-refractivity contribution < 1.29 is 40.9 Å². The van der Waals surface area contributed by atoms with Gasteiger partial charge in [-0.1, -0.05) is 11.6 Å². The molecule has 0 saturated carbocycles. The lowest BCUT2D eigenvalue weighted by molar-refractivity contribution is -0.0523. The fourth-order valence-corrected chi connectivity index (χ4v) is 4.32. The number of aromatic nitrogens is 1. The summed E-state index contributed by atoms with van der Waals surface area (Å²) in [7, 11) is -4.50. The summed E-state index contributed by atoms with van der Waals surface area (Å²) in [5, 5.41) is 19.2. The summed E-state index contributed by atoms with van der Waals surface area (Å²) in [5.41, 5.74) is -0.530. The van der Waals surface area contributed by atoms with Gasteiger partial charge in [-0.3, -0.25) is 4.72 Å². The van der Waals surface area contributed by atoms with Crippen molar-refractivity contribution >= 4 is 38.2 Å².